The van der Waals surface area contributed by atoms with Crippen LogP contribution in [0, 0.1) is 0 Å². The third kappa shape index (κ3) is 5.60. The summed E-state index contributed by atoms with van der Waals surface area (Å²) in [5.41, 5.74) is 3.13. The zero-order valence-corrected chi connectivity index (χ0v) is 19.8. The highest BCUT2D eigenvalue weighted by atomic mass is 79.9. The van der Waals surface area contributed by atoms with E-state index in [-0.39, 0.29) is 0 Å². The van der Waals surface area contributed by atoms with Crippen molar-refractivity contribution in [3.05, 3.63) is 70.7 Å². The molecule has 4 N–H and O–H groups in total. The van der Waals surface area contributed by atoms with E-state index in [2.05, 4.69) is 43.1 Å². The fourth-order valence-corrected chi connectivity index (χ4v) is 4.49. The number of nitrogens with one attached hydrogen (secondary N) is 3. The van der Waals surface area contributed by atoms with Gasteiger partial charge in [-0.1, -0.05) is 34.1 Å². The quantitative estimate of drug-likeness (QED) is 0.249. The van der Waals surface area contributed by atoms with E-state index in [9.17, 15) is 13.5 Å². The number of H-pyrrole nitrogens is 1. The molecule has 1 heterocycles. The van der Waals surface area contributed by atoms with Crippen LogP contribution in [-0.2, 0) is 10.0 Å². The Labute approximate surface area is 195 Å². The molecule has 3 aromatic carbocycles. The van der Waals surface area contributed by atoms with Crippen LogP contribution in [0.15, 0.2) is 65.1 Å². The number of hydrogen-bond acceptors (Lipinski definition) is 5. The van der Waals surface area contributed by atoms with E-state index >= 15 is 0 Å². The molecule has 0 bridgehead atoms. The molecule has 7 nitrogen and oxygen atoms in total. The normalized spacial score (nSPS) is 12.8. The minimum atomic E-state index is -3.36. The number of aromatic amines is 1. The fourth-order valence-electron chi connectivity index (χ4n) is 3.57. The van der Waals surface area contributed by atoms with E-state index in [1.54, 1.807) is 24.3 Å². The number of sulfonamides is 1. The molecule has 168 valence electrons. The molecular formula is C23H24BrN3O4S. The first kappa shape index (κ1) is 22.6. The minimum Gasteiger partial charge on any atom is -0.492 e. The van der Waals surface area contributed by atoms with Crippen molar-refractivity contribution in [3.63, 3.8) is 0 Å². The van der Waals surface area contributed by atoms with Gasteiger partial charge in [0.1, 0.15) is 12.4 Å². The maximum atomic E-state index is 11.4. The molecule has 0 aliphatic carbocycles. The Morgan fingerprint density at radius 2 is 1.81 bits per heavy atom. The Kier molecular flexibility index (Phi) is 6.71. The van der Waals surface area contributed by atoms with E-state index in [1.165, 1.54) is 5.39 Å². The van der Waals surface area contributed by atoms with Crippen LogP contribution in [0.1, 0.15) is 11.7 Å². The van der Waals surface area contributed by atoms with E-state index in [0.29, 0.717) is 30.9 Å². The SMILES string of the molecule is CS(=O)(=O)Nc1cccc([C@H](O)CNCCOc2ccc3c(c2)[nH]c2cc(Br)ccc23)c1. The lowest BCUT2D eigenvalue weighted by Gasteiger charge is -2.14. The summed E-state index contributed by atoms with van der Waals surface area (Å²) in [6, 6.07) is 18.9. The first-order valence-electron chi connectivity index (χ1n) is 10.1. The maximum absolute atomic E-state index is 11.4. The van der Waals surface area contributed by atoms with Crippen LogP contribution in [0.2, 0.25) is 0 Å². The molecule has 0 amide bonds. The highest BCUT2D eigenvalue weighted by Crippen LogP contribution is 2.30. The largest absolute Gasteiger partial charge is 0.492 e. The standard InChI is InChI=1S/C23H24BrN3O4S/c1-32(29,30)27-17-4-2-3-15(11-17)23(28)14-25-9-10-31-18-6-8-20-19-7-5-16(24)12-21(19)26-22(20)13-18/h2-8,11-13,23,25-28H,9-10,14H2,1H3/t23-/m1/s1. The van der Waals surface area contributed by atoms with Gasteiger partial charge in [0.25, 0.3) is 0 Å². The van der Waals surface area contributed by atoms with Crippen LogP contribution in [0.5, 0.6) is 5.75 Å². The Bertz CT molecular complexity index is 1350. The summed E-state index contributed by atoms with van der Waals surface area (Å²) in [5, 5.41) is 15.9. The predicted octanol–water partition coefficient (Wildman–Crippen LogP) is 4.16. The van der Waals surface area contributed by atoms with Crippen molar-refractivity contribution >= 4 is 53.4 Å². The van der Waals surface area contributed by atoms with Gasteiger partial charge in [-0.05, 0) is 42.0 Å². The van der Waals surface area contributed by atoms with Crippen molar-refractivity contribution in [1.29, 1.82) is 0 Å². The third-order valence-electron chi connectivity index (χ3n) is 4.99. The molecule has 1 atom stereocenters. The molecule has 0 spiro atoms. The van der Waals surface area contributed by atoms with Crippen LogP contribution >= 0.6 is 15.9 Å². The van der Waals surface area contributed by atoms with E-state index in [1.807, 2.05) is 24.3 Å². The monoisotopic (exact) mass is 517 g/mol. The van der Waals surface area contributed by atoms with Gasteiger partial charge in [-0.2, -0.15) is 0 Å². The number of aliphatic hydroxyl groups is 1. The molecule has 32 heavy (non-hydrogen) atoms. The summed E-state index contributed by atoms with van der Waals surface area (Å²) in [5.74, 6) is 0.769. The van der Waals surface area contributed by atoms with Crippen molar-refractivity contribution in [1.82, 2.24) is 10.3 Å². The van der Waals surface area contributed by atoms with Crippen molar-refractivity contribution in [2.24, 2.45) is 0 Å². The Hall–Kier alpha value is -2.59. The zero-order chi connectivity index (χ0) is 22.7. The molecule has 1 aromatic heterocycles. The highest BCUT2D eigenvalue weighted by Gasteiger charge is 2.10. The summed E-state index contributed by atoms with van der Waals surface area (Å²) >= 11 is 3.50. The predicted molar refractivity (Wildman–Crippen MR) is 132 cm³/mol. The summed E-state index contributed by atoms with van der Waals surface area (Å²) < 4.78 is 32.0. The van der Waals surface area contributed by atoms with E-state index in [4.69, 9.17) is 4.74 Å². The second kappa shape index (κ2) is 9.50. The first-order chi connectivity index (χ1) is 15.3. The number of benzene rings is 3. The van der Waals surface area contributed by atoms with Crippen LogP contribution < -0.4 is 14.8 Å². The minimum absolute atomic E-state index is 0.321. The molecule has 4 rings (SSSR count). The summed E-state index contributed by atoms with van der Waals surface area (Å²) in [7, 11) is -3.36. The molecule has 0 aliphatic heterocycles. The maximum Gasteiger partial charge on any atom is 0.229 e. The number of halogens is 1. The Morgan fingerprint density at radius 3 is 2.59 bits per heavy atom. The van der Waals surface area contributed by atoms with Crippen LogP contribution in [0.4, 0.5) is 5.69 Å². The zero-order valence-electron chi connectivity index (χ0n) is 17.4. The van der Waals surface area contributed by atoms with Crippen molar-refractivity contribution in [2.45, 2.75) is 6.10 Å². The number of fused-ring (bicyclic) bond motifs is 3. The van der Waals surface area contributed by atoms with Crippen LogP contribution in [-0.4, -0.2) is 44.5 Å². The van der Waals surface area contributed by atoms with Gasteiger partial charge >= 0.3 is 0 Å². The van der Waals surface area contributed by atoms with Crippen molar-refractivity contribution in [2.75, 3.05) is 30.7 Å². The van der Waals surface area contributed by atoms with Gasteiger partial charge in [-0.25, -0.2) is 8.42 Å². The van der Waals surface area contributed by atoms with Gasteiger partial charge in [-0.3, -0.25) is 4.72 Å². The fraction of sp³-hybridized carbons (Fsp3) is 0.217. The van der Waals surface area contributed by atoms with Gasteiger partial charge in [0.05, 0.1) is 17.9 Å². The van der Waals surface area contributed by atoms with Crippen molar-refractivity contribution in [3.8, 4) is 5.75 Å². The van der Waals surface area contributed by atoms with E-state index < -0.39 is 16.1 Å². The summed E-state index contributed by atoms with van der Waals surface area (Å²) in [6.07, 6.45) is 0.324. The average molecular weight is 518 g/mol. The van der Waals surface area contributed by atoms with E-state index in [0.717, 1.165) is 32.9 Å². The molecule has 4 aromatic rings. The van der Waals surface area contributed by atoms with Gasteiger partial charge in [0.2, 0.25) is 10.0 Å². The highest BCUT2D eigenvalue weighted by molar-refractivity contribution is 9.10. The molecule has 0 unspecified atom stereocenters. The van der Waals surface area contributed by atoms with Crippen LogP contribution in [0.25, 0.3) is 21.8 Å². The smallest absolute Gasteiger partial charge is 0.229 e. The molecule has 0 saturated heterocycles. The number of anilines is 1. The van der Waals surface area contributed by atoms with Gasteiger partial charge < -0.3 is 20.1 Å². The molecule has 0 aliphatic rings. The number of aliphatic hydroxyl groups excluding tert-OH is 1. The second-order valence-electron chi connectivity index (χ2n) is 7.59. The lowest BCUT2D eigenvalue weighted by molar-refractivity contribution is 0.172. The van der Waals surface area contributed by atoms with Gasteiger partial charge in [0, 0.05) is 45.6 Å². The molecular weight excluding hydrogens is 494 g/mol. The lowest BCUT2D eigenvalue weighted by atomic mass is 10.1. The average Bonchev–Trinajstić information content (AvgIpc) is 3.08. The van der Waals surface area contributed by atoms with Crippen LogP contribution in [0.3, 0.4) is 0 Å². The summed E-state index contributed by atoms with van der Waals surface area (Å²) in [4.78, 5) is 3.41. The third-order valence-corrected chi connectivity index (χ3v) is 6.09. The molecule has 0 saturated carbocycles. The Morgan fingerprint density at radius 1 is 1.06 bits per heavy atom. The molecule has 0 fully saturated rings. The van der Waals surface area contributed by atoms with Gasteiger partial charge in [-0.15, -0.1) is 0 Å². The lowest BCUT2D eigenvalue weighted by Crippen LogP contribution is -2.26. The first-order valence-corrected chi connectivity index (χ1v) is 12.8. The number of rotatable bonds is 9. The molecule has 0 radical (unpaired) electrons. The molecule has 9 heteroatoms. The van der Waals surface area contributed by atoms with Gasteiger partial charge in [0.15, 0.2) is 0 Å². The second-order valence-corrected chi connectivity index (χ2v) is 10.3. The number of ether oxygens (including phenoxy) is 1. The van der Waals surface area contributed by atoms with Crippen molar-refractivity contribution < 1.29 is 18.3 Å². The number of aromatic nitrogens is 1. The topological polar surface area (TPSA) is 103 Å². The Balaban J connectivity index is 1.28. The summed E-state index contributed by atoms with van der Waals surface area (Å²) in [6.45, 7) is 1.32. The number of hydrogen-bond donors (Lipinski definition) is 4.